The number of sulfone groups is 1. The molecule has 0 spiro atoms. The molecular weight excluding hydrogens is 503 g/mol. The zero-order chi connectivity index (χ0) is 26.6. The van der Waals surface area contributed by atoms with E-state index < -0.39 is 38.3 Å². The van der Waals surface area contributed by atoms with Gasteiger partial charge in [0.05, 0.1) is 17.4 Å². The number of benzene rings is 3. The van der Waals surface area contributed by atoms with E-state index in [-0.39, 0.29) is 29.1 Å². The molecule has 0 bridgehead atoms. The van der Waals surface area contributed by atoms with E-state index in [4.69, 9.17) is 4.74 Å². The van der Waals surface area contributed by atoms with Gasteiger partial charge in [0.25, 0.3) is 11.5 Å². The molecule has 0 saturated heterocycles. The fourth-order valence-electron chi connectivity index (χ4n) is 3.67. The van der Waals surface area contributed by atoms with Crippen LogP contribution in [0.4, 0.5) is 10.1 Å². The predicted molar refractivity (Wildman–Crippen MR) is 132 cm³/mol. The summed E-state index contributed by atoms with van der Waals surface area (Å²) in [5, 5.41) is 9.03. The summed E-state index contributed by atoms with van der Waals surface area (Å²) in [6.45, 7) is -0.197. The molecule has 0 saturated carbocycles. The van der Waals surface area contributed by atoms with E-state index in [1.807, 2.05) is 0 Å². The Morgan fingerprint density at radius 1 is 1.05 bits per heavy atom. The van der Waals surface area contributed by atoms with Gasteiger partial charge in [0.15, 0.2) is 15.1 Å². The second-order valence-corrected chi connectivity index (χ2v) is 10.1. The van der Waals surface area contributed by atoms with E-state index in [2.05, 4.69) is 15.6 Å². The van der Waals surface area contributed by atoms with Crippen molar-refractivity contribution in [1.82, 2.24) is 15.0 Å². The topological polar surface area (TPSA) is 137 Å². The number of carbonyl (C=O) groups is 2. The Balaban J connectivity index is 1.53. The summed E-state index contributed by atoms with van der Waals surface area (Å²) in [7, 11) is -3.17. The monoisotopic (exact) mass is 524 g/mol. The maximum Gasteiger partial charge on any atom is 0.324 e. The van der Waals surface area contributed by atoms with Gasteiger partial charge in [-0.2, -0.15) is 0 Å². The van der Waals surface area contributed by atoms with E-state index in [9.17, 15) is 27.2 Å². The van der Waals surface area contributed by atoms with Crippen molar-refractivity contribution in [2.24, 2.45) is 0 Å². The third-order valence-corrected chi connectivity index (χ3v) is 7.71. The molecule has 12 heteroatoms. The lowest BCUT2D eigenvalue weighted by molar-refractivity contribution is -0.140. The van der Waals surface area contributed by atoms with Crippen LogP contribution in [0, 0.1) is 5.82 Å². The van der Waals surface area contributed by atoms with E-state index in [0.717, 1.165) is 17.9 Å². The normalized spacial score (nSPS) is 12.2. The molecular formula is C25H21FN4O6S. The average molecular weight is 525 g/mol. The van der Waals surface area contributed by atoms with Crippen LogP contribution in [0.3, 0.4) is 0 Å². The number of ether oxygens (including phenoxy) is 1. The fourth-order valence-corrected chi connectivity index (χ4v) is 5.27. The number of carbonyl (C=O) groups excluding carboxylic acids is 2. The molecule has 0 radical (unpaired) electrons. The van der Waals surface area contributed by atoms with Gasteiger partial charge in [-0.1, -0.05) is 23.4 Å². The van der Waals surface area contributed by atoms with Gasteiger partial charge < -0.3 is 10.1 Å². The highest BCUT2D eigenvalue weighted by molar-refractivity contribution is 7.92. The van der Waals surface area contributed by atoms with Crippen LogP contribution in [-0.2, 0) is 25.9 Å². The van der Waals surface area contributed by atoms with Crippen LogP contribution in [0.1, 0.15) is 16.8 Å². The molecule has 4 aromatic rings. The Kier molecular flexibility index (Phi) is 7.39. The summed E-state index contributed by atoms with van der Waals surface area (Å²) in [5.41, 5.74) is 0.283. The van der Waals surface area contributed by atoms with Crippen LogP contribution in [0.25, 0.3) is 10.9 Å². The maximum absolute atomic E-state index is 13.4. The number of esters is 1. The molecule has 0 aliphatic rings. The van der Waals surface area contributed by atoms with Gasteiger partial charge in [0.1, 0.15) is 11.3 Å². The predicted octanol–water partition coefficient (Wildman–Crippen LogP) is 2.59. The molecule has 1 atom stereocenters. The number of nitrogens with one attached hydrogen (secondary N) is 1. The molecule has 1 unspecified atom stereocenters. The SMILES string of the molecule is COC(=O)C(CCn1nnc2ccccc2c1=O)S(=O)(=O)c1ccc(NC(=O)c2cccc(F)c2)cc1. The molecule has 0 aliphatic heterocycles. The summed E-state index contributed by atoms with van der Waals surface area (Å²) in [4.78, 5) is 37.2. The highest BCUT2D eigenvalue weighted by Gasteiger charge is 2.35. The lowest BCUT2D eigenvalue weighted by Crippen LogP contribution is -2.34. The van der Waals surface area contributed by atoms with Gasteiger partial charge in [-0.25, -0.2) is 17.5 Å². The Morgan fingerprint density at radius 3 is 2.49 bits per heavy atom. The Morgan fingerprint density at radius 2 is 1.78 bits per heavy atom. The summed E-state index contributed by atoms with van der Waals surface area (Å²) in [6.07, 6.45) is -0.292. The third-order valence-electron chi connectivity index (χ3n) is 5.60. The lowest BCUT2D eigenvalue weighted by Gasteiger charge is -2.16. The van der Waals surface area contributed by atoms with Crippen LogP contribution < -0.4 is 10.9 Å². The van der Waals surface area contributed by atoms with Crippen LogP contribution in [0.15, 0.2) is 82.5 Å². The van der Waals surface area contributed by atoms with Crippen molar-refractivity contribution >= 4 is 38.3 Å². The van der Waals surface area contributed by atoms with E-state index in [0.29, 0.717) is 10.9 Å². The second-order valence-electron chi connectivity index (χ2n) is 7.97. The number of fused-ring (bicyclic) bond motifs is 1. The van der Waals surface area contributed by atoms with Crippen molar-refractivity contribution in [1.29, 1.82) is 0 Å². The zero-order valence-corrected chi connectivity index (χ0v) is 20.3. The van der Waals surface area contributed by atoms with Crippen molar-refractivity contribution in [3.63, 3.8) is 0 Å². The van der Waals surface area contributed by atoms with Gasteiger partial charge in [-0.05, 0) is 61.0 Å². The fraction of sp³-hybridized carbons (Fsp3) is 0.160. The smallest absolute Gasteiger partial charge is 0.324 e. The van der Waals surface area contributed by atoms with Crippen LogP contribution in [-0.4, -0.2) is 47.6 Å². The van der Waals surface area contributed by atoms with Crippen LogP contribution >= 0.6 is 0 Å². The van der Waals surface area contributed by atoms with E-state index >= 15 is 0 Å². The largest absolute Gasteiger partial charge is 0.468 e. The lowest BCUT2D eigenvalue weighted by atomic mass is 10.2. The number of anilines is 1. The van der Waals surface area contributed by atoms with Crippen molar-refractivity contribution < 1.29 is 27.1 Å². The summed E-state index contributed by atoms with van der Waals surface area (Å²) in [6, 6.07) is 16.8. The second kappa shape index (κ2) is 10.7. The number of methoxy groups -OCH3 is 1. The van der Waals surface area contributed by atoms with Crippen molar-refractivity contribution in [3.8, 4) is 0 Å². The summed E-state index contributed by atoms with van der Waals surface area (Å²) in [5.74, 6) is -2.14. The molecule has 0 aliphatic carbocycles. The van der Waals surface area contributed by atoms with E-state index in [1.54, 1.807) is 24.3 Å². The number of halogens is 1. The van der Waals surface area contributed by atoms with Gasteiger partial charge in [0.2, 0.25) is 0 Å². The minimum atomic E-state index is -4.24. The van der Waals surface area contributed by atoms with Crippen molar-refractivity contribution in [3.05, 3.63) is 94.5 Å². The maximum atomic E-state index is 13.4. The zero-order valence-electron chi connectivity index (χ0n) is 19.5. The van der Waals surface area contributed by atoms with E-state index in [1.165, 1.54) is 42.5 Å². The number of rotatable bonds is 8. The van der Waals surface area contributed by atoms with Crippen molar-refractivity contribution in [2.75, 3.05) is 12.4 Å². The number of hydrogen-bond donors (Lipinski definition) is 1. The first-order valence-corrected chi connectivity index (χ1v) is 12.6. The first-order chi connectivity index (χ1) is 17.7. The number of aryl methyl sites for hydroxylation is 1. The number of hydrogen-bond acceptors (Lipinski definition) is 8. The molecule has 0 fully saturated rings. The standard InChI is InChI=1S/C25H21FN4O6S/c1-36-25(33)22(13-14-30-24(32)20-7-2-3-8-21(20)28-29-30)37(34,35)19-11-9-18(10-12-19)27-23(31)16-5-4-6-17(26)15-16/h2-12,15,22H,13-14H2,1H3,(H,27,31). The first kappa shape index (κ1) is 25.6. The third kappa shape index (κ3) is 5.54. The molecule has 1 N–H and O–H groups in total. The molecule has 190 valence electrons. The van der Waals surface area contributed by atoms with Gasteiger partial charge in [0, 0.05) is 17.8 Å². The minimum absolute atomic E-state index is 0.0921. The summed E-state index contributed by atoms with van der Waals surface area (Å²) >= 11 is 0. The quantitative estimate of drug-likeness (QED) is 0.347. The molecule has 10 nitrogen and oxygen atoms in total. The number of aromatic nitrogens is 3. The molecule has 3 aromatic carbocycles. The minimum Gasteiger partial charge on any atom is -0.468 e. The Hall–Kier alpha value is -4.45. The number of nitrogens with zero attached hydrogens (tertiary/aromatic N) is 3. The molecule has 37 heavy (non-hydrogen) atoms. The molecule has 1 aromatic heterocycles. The molecule has 4 rings (SSSR count). The van der Waals surface area contributed by atoms with Gasteiger partial charge in [-0.3, -0.25) is 14.4 Å². The molecule has 1 heterocycles. The Bertz CT molecular complexity index is 1640. The summed E-state index contributed by atoms with van der Waals surface area (Å²) < 4.78 is 45.7. The highest BCUT2D eigenvalue weighted by atomic mass is 32.2. The average Bonchev–Trinajstić information content (AvgIpc) is 2.90. The highest BCUT2D eigenvalue weighted by Crippen LogP contribution is 2.22. The van der Waals surface area contributed by atoms with Crippen LogP contribution in [0.5, 0.6) is 0 Å². The molecule has 1 amide bonds. The Labute approximate surface area is 210 Å². The van der Waals surface area contributed by atoms with Gasteiger partial charge >= 0.3 is 5.97 Å². The first-order valence-electron chi connectivity index (χ1n) is 11.0. The van der Waals surface area contributed by atoms with Gasteiger partial charge in [-0.15, -0.1) is 5.10 Å². The number of amides is 1. The van der Waals surface area contributed by atoms with Crippen LogP contribution in [0.2, 0.25) is 0 Å². The van der Waals surface area contributed by atoms with Crippen molar-refractivity contribution in [2.45, 2.75) is 23.1 Å².